The van der Waals surface area contributed by atoms with E-state index >= 15 is 0 Å². The molecule has 2 aromatic rings. The van der Waals surface area contributed by atoms with Crippen LogP contribution >= 0.6 is 0 Å². The first-order chi connectivity index (χ1) is 11.8. The highest BCUT2D eigenvalue weighted by molar-refractivity contribution is 5.95. The van der Waals surface area contributed by atoms with Crippen molar-refractivity contribution in [3.63, 3.8) is 0 Å². The van der Waals surface area contributed by atoms with Crippen LogP contribution in [0.2, 0.25) is 0 Å². The number of rotatable bonds is 3. The molecule has 0 spiro atoms. The molecule has 1 fully saturated rings. The molecule has 0 aliphatic carbocycles. The van der Waals surface area contributed by atoms with E-state index in [2.05, 4.69) is 35.2 Å². The van der Waals surface area contributed by atoms with Crippen LogP contribution in [0.5, 0.6) is 5.75 Å². The fourth-order valence-electron chi connectivity index (χ4n) is 3.50. The van der Waals surface area contributed by atoms with Gasteiger partial charge in [0.05, 0.1) is 0 Å². The number of hydrogen-bond acceptors (Lipinski definition) is 3. The quantitative estimate of drug-likeness (QED) is 0.870. The molecule has 2 aromatic carbocycles. The predicted molar refractivity (Wildman–Crippen MR) is 94.1 cm³/mol. The molecule has 0 radical (unpaired) electrons. The standard InChI is InChI=1S/C20H22N2O2/c23-20-7-4-10-22(20)18-8-9-19-17(13-18)15-21(11-12-24-19)14-16-5-2-1-3-6-16/h1-3,5-6,8-9,13H,4,7,10-12,14-15H2. The van der Waals surface area contributed by atoms with E-state index in [1.165, 1.54) is 11.1 Å². The van der Waals surface area contributed by atoms with Crippen LogP contribution in [0.1, 0.15) is 24.0 Å². The van der Waals surface area contributed by atoms with Crippen LogP contribution in [-0.2, 0) is 17.9 Å². The SMILES string of the molecule is O=C1CCCN1c1ccc2c(c1)CN(Cc1ccccc1)CCO2. The van der Waals surface area contributed by atoms with Crippen LogP contribution in [0.3, 0.4) is 0 Å². The van der Waals surface area contributed by atoms with Gasteiger partial charge in [0.25, 0.3) is 0 Å². The van der Waals surface area contributed by atoms with Crippen LogP contribution < -0.4 is 9.64 Å². The van der Waals surface area contributed by atoms with E-state index in [9.17, 15) is 4.79 Å². The molecule has 2 aliphatic heterocycles. The van der Waals surface area contributed by atoms with Crippen LogP contribution in [0.4, 0.5) is 5.69 Å². The lowest BCUT2D eigenvalue weighted by atomic mass is 10.1. The molecular formula is C20H22N2O2. The lowest BCUT2D eigenvalue weighted by Gasteiger charge is -2.21. The van der Waals surface area contributed by atoms with Crippen molar-refractivity contribution in [3.8, 4) is 5.75 Å². The number of nitrogens with zero attached hydrogens (tertiary/aromatic N) is 2. The molecule has 24 heavy (non-hydrogen) atoms. The largest absolute Gasteiger partial charge is 0.492 e. The Morgan fingerprint density at radius 3 is 2.71 bits per heavy atom. The molecule has 4 rings (SSSR count). The Balaban J connectivity index is 1.55. The molecule has 0 saturated carbocycles. The zero-order chi connectivity index (χ0) is 16.4. The van der Waals surface area contributed by atoms with Crippen molar-refractivity contribution >= 4 is 11.6 Å². The summed E-state index contributed by atoms with van der Waals surface area (Å²) in [5, 5.41) is 0. The van der Waals surface area contributed by atoms with Gasteiger partial charge in [0.1, 0.15) is 12.4 Å². The van der Waals surface area contributed by atoms with Gasteiger partial charge in [-0.3, -0.25) is 9.69 Å². The Labute approximate surface area is 142 Å². The number of benzene rings is 2. The summed E-state index contributed by atoms with van der Waals surface area (Å²) in [6.45, 7) is 4.19. The minimum Gasteiger partial charge on any atom is -0.492 e. The fourth-order valence-corrected chi connectivity index (χ4v) is 3.50. The van der Waals surface area contributed by atoms with Crippen molar-refractivity contribution in [1.82, 2.24) is 4.90 Å². The van der Waals surface area contributed by atoms with Crippen LogP contribution in [0.25, 0.3) is 0 Å². The van der Waals surface area contributed by atoms with Crippen molar-refractivity contribution in [1.29, 1.82) is 0 Å². The van der Waals surface area contributed by atoms with Crippen LogP contribution in [-0.4, -0.2) is 30.5 Å². The second-order valence-electron chi connectivity index (χ2n) is 6.49. The molecule has 124 valence electrons. The molecule has 0 aromatic heterocycles. The van der Waals surface area contributed by atoms with Crippen LogP contribution in [0.15, 0.2) is 48.5 Å². The van der Waals surface area contributed by atoms with E-state index in [1.807, 2.05) is 23.1 Å². The molecule has 0 N–H and O–H groups in total. The first-order valence-corrected chi connectivity index (χ1v) is 8.62. The Morgan fingerprint density at radius 1 is 1.04 bits per heavy atom. The van der Waals surface area contributed by atoms with Gasteiger partial charge in [-0.25, -0.2) is 0 Å². The van der Waals surface area contributed by atoms with E-state index in [0.29, 0.717) is 13.0 Å². The summed E-state index contributed by atoms with van der Waals surface area (Å²) in [6.07, 6.45) is 1.61. The van der Waals surface area contributed by atoms with Crippen molar-refractivity contribution in [3.05, 3.63) is 59.7 Å². The van der Waals surface area contributed by atoms with E-state index in [4.69, 9.17) is 4.74 Å². The highest BCUT2D eigenvalue weighted by atomic mass is 16.5. The molecule has 1 saturated heterocycles. The molecule has 2 heterocycles. The minimum atomic E-state index is 0.227. The maximum atomic E-state index is 12.0. The zero-order valence-electron chi connectivity index (χ0n) is 13.8. The normalized spacial score (nSPS) is 18.2. The first-order valence-electron chi connectivity index (χ1n) is 8.62. The zero-order valence-corrected chi connectivity index (χ0v) is 13.8. The number of anilines is 1. The van der Waals surface area contributed by atoms with Gasteiger partial charge in [0.2, 0.25) is 5.91 Å². The molecule has 0 bridgehead atoms. The van der Waals surface area contributed by atoms with Gasteiger partial charge >= 0.3 is 0 Å². The van der Waals surface area contributed by atoms with Gasteiger partial charge in [-0.05, 0) is 30.2 Å². The average Bonchev–Trinajstić information content (AvgIpc) is 2.92. The number of amides is 1. The van der Waals surface area contributed by atoms with E-state index in [1.54, 1.807) is 0 Å². The summed E-state index contributed by atoms with van der Waals surface area (Å²) >= 11 is 0. The first kappa shape index (κ1) is 15.2. The van der Waals surface area contributed by atoms with Gasteiger partial charge in [0, 0.05) is 43.9 Å². The minimum absolute atomic E-state index is 0.227. The second-order valence-corrected chi connectivity index (χ2v) is 6.49. The smallest absolute Gasteiger partial charge is 0.227 e. The second kappa shape index (κ2) is 6.65. The summed E-state index contributed by atoms with van der Waals surface area (Å²) in [5.74, 6) is 1.17. The number of hydrogen-bond donors (Lipinski definition) is 0. The molecule has 2 aliphatic rings. The molecule has 0 unspecified atom stereocenters. The lowest BCUT2D eigenvalue weighted by Crippen LogP contribution is -2.25. The van der Waals surface area contributed by atoms with Gasteiger partial charge in [-0.1, -0.05) is 30.3 Å². The lowest BCUT2D eigenvalue weighted by molar-refractivity contribution is -0.117. The summed E-state index contributed by atoms with van der Waals surface area (Å²) in [4.78, 5) is 16.3. The molecule has 4 heteroatoms. The van der Waals surface area contributed by atoms with Gasteiger partial charge < -0.3 is 9.64 Å². The monoisotopic (exact) mass is 322 g/mol. The number of ether oxygens (including phenoxy) is 1. The molecule has 0 atom stereocenters. The molecular weight excluding hydrogens is 300 g/mol. The van der Waals surface area contributed by atoms with Gasteiger partial charge in [-0.2, -0.15) is 0 Å². The Morgan fingerprint density at radius 2 is 1.92 bits per heavy atom. The maximum absolute atomic E-state index is 12.0. The fraction of sp³-hybridized carbons (Fsp3) is 0.350. The third kappa shape index (κ3) is 3.15. The van der Waals surface area contributed by atoms with E-state index < -0.39 is 0 Å². The molecule has 4 nitrogen and oxygen atoms in total. The maximum Gasteiger partial charge on any atom is 0.227 e. The van der Waals surface area contributed by atoms with Crippen molar-refractivity contribution in [2.24, 2.45) is 0 Å². The average molecular weight is 322 g/mol. The highest BCUT2D eigenvalue weighted by Crippen LogP contribution is 2.30. The van der Waals surface area contributed by atoms with Gasteiger partial charge in [-0.15, -0.1) is 0 Å². The summed E-state index contributed by atoms with van der Waals surface area (Å²) in [7, 11) is 0. The highest BCUT2D eigenvalue weighted by Gasteiger charge is 2.23. The Hall–Kier alpha value is -2.33. The Bertz CT molecular complexity index is 730. The Kier molecular flexibility index (Phi) is 4.22. The number of carbonyl (C=O) groups is 1. The van der Waals surface area contributed by atoms with Gasteiger partial charge in [0.15, 0.2) is 0 Å². The van der Waals surface area contributed by atoms with Crippen molar-refractivity contribution in [2.45, 2.75) is 25.9 Å². The van der Waals surface area contributed by atoms with Crippen molar-refractivity contribution in [2.75, 3.05) is 24.6 Å². The summed E-state index contributed by atoms with van der Waals surface area (Å²) in [5.41, 5.74) is 3.48. The predicted octanol–water partition coefficient (Wildman–Crippen LogP) is 3.21. The third-order valence-corrected chi connectivity index (χ3v) is 4.74. The summed E-state index contributed by atoms with van der Waals surface area (Å²) < 4.78 is 5.92. The third-order valence-electron chi connectivity index (χ3n) is 4.74. The number of carbonyl (C=O) groups excluding carboxylic acids is 1. The summed E-state index contributed by atoms with van der Waals surface area (Å²) in [6, 6.07) is 16.7. The number of fused-ring (bicyclic) bond motifs is 1. The molecule has 1 amide bonds. The topological polar surface area (TPSA) is 32.8 Å². The van der Waals surface area contributed by atoms with E-state index in [0.717, 1.165) is 44.0 Å². The van der Waals surface area contributed by atoms with E-state index in [-0.39, 0.29) is 5.91 Å². The van der Waals surface area contributed by atoms with Crippen molar-refractivity contribution < 1.29 is 9.53 Å². The van der Waals surface area contributed by atoms with Crippen LogP contribution in [0, 0.1) is 0 Å².